The van der Waals surface area contributed by atoms with Crippen molar-refractivity contribution in [1.82, 2.24) is 0 Å². The van der Waals surface area contributed by atoms with E-state index >= 15 is 0 Å². The van der Waals surface area contributed by atoms with Gasteiger partial charge in [0.2, 0.25) is 0 Å². The third-order valence-corrected chi connectivity index (χ3v) is 0.189. The molecule has 0 aliphatic carbocycles. The Balaban J connectivity index is -0.000000101. The van der Waals surface area contributed by atoms with Crippen molar-refractivity contribution in [3.8, 4) is 0 Å². The zero-order valence-electron chi connectivity index (χ0n) is 8.12. The summed E-state index contributed by atoms with van der Waals surface area (Å²) in [6.45, 7) is 6.89. The number of aldehydes is 1. The van der Waals surface area contributed by atoms with Crippen molar-refractivity contribution in [2.75, 3.05) is 5.88 Å². The number of hydrogen-bond acceptors (Lipinski definition) is 3. The third kappa shape index (κ3) is 1010. The number of alkyl halides is 1. The number of carbonyl (C=O) groups is 1. The molecule has 3 nitrogen and oxygen atoms in total. The van der Waals surface area contributed by atoms with Crippen LogP contribution < -0.4 is 0 Å². The summed E-state index contributed by atoms with van der Waals surface area (Å²) in [6.07, 6.45) is 0.307. The molecule has 0 rings (SSSR count). The summed E-state index contributed by atoms with van der Waals surface area (Å²) in [7, 11) is 0. The predicted octanol–water partition coefficient (Wildman–Crippen LogP) is 1.20. The molecule has 0 radical (unpaired) electrons. The van der Waals surface area contributed by atoms with Gasteiger partial charge in [0.15, 0.2) is 0 Å². The molecule has 2 N–H and O–H groups in total. The van der Waals surface area contributed by atoms with Crippen molar-refractivity contribution >= 4 is 17.9 Å². The average Bonchev–Trinajstić information content (AvgIpc) is 1.85. The summed E-state index contributed by atoms with van der Waals surface area (Å²) in [5, 5.41) is 16.1. The Bertz CT molecular complexity index is 63.2. The zero-order chi connectivity index (χ0) is 10.6. The van der Waals surface area contributed by atoms with Crippen molar-refractivity contribution in [3.05, 3.63) is 0 Å². The third-order valence-electron chi connectivity index (χ3n) is 0.0630. The molecule has 0 aromatic carbocycles. The first kappa shape index (κ1) is 17.8. The first-order valence-electron chi connectivity index (χ1n) is 3.74. The highest BCUT2D eigenvalue weighted by molar-refractivity contribution is 6.24. The van der Waals surface area contributed by atoms with Gasteiger partial charge in [0.1, 0.15) is 6.29 Å². The van der Waals surface area contributed by atoms with Crippen molar-refractivity contribution in [3.63, 3.8) is 0 Å². The van der Waals surface area contributed by atoms with Crippen LogP contribution in [0.5, 0.6) is 0 Å². The number of aliphatic hydroxyl groups excluding tert-OH is 2. The van der Waals surface area contributed by atoms with E-state index in [1.165, 1.54) is 0 Å². The summed E-state index contributed by atoms with van der Waals surface area (Å²) in [5.41, 5.74) is 0. The van der Waals surface area contributed by atoms with Gasteiger partial charge in [0, 0.05) is 12.2 Å². The Morgan fingerprint density at radius 3 is 1.25 bits per heavy atom. The summed E-state index contributed by atoms with van der Waals surface area (Å²) in [6, 6.07) is 0. The molecule has 0 aliphatic rings. The Morgan fingerprint density at radius 2 is 1.25 bits per heavy atom. The van der Waals surface area contributed by atoms with Crippen molar-refractivity contribution in [1.29, 1.82) is 0 Å². The molecule has 0 spiro atoms. The second kappa shape index (κ2) is 17.1. The van der Waals surface area contributed by atoms with E-state index in [0.29, 0.717) is 6.29 Å². The number of halogens is 1. The number of aliphatic hydroxyl groups is 2. The predicted molar refractivity (Wildman–Crippen MR) is 51.5 cm³/mol. The Labute approximate surface area is 79.4 Å². The van der Waals surface area contributed by atoms with E-state index in [-0.39, 0.29) is 18.1 Å². The molecule has 0 aliphatic heterocycles. The second-order valence-electron chi connectivity index (χ2n) is 2.51. The molecule has 0 unspecified atom stereocenters. The van der Waals surface area contributed by atoms with Crippen LogP contribution in [0.4, 0.5) is 0 Å². The first-order valence-corrected chi connectivity index (χ1v) is 4.27. The van der Waals surface area contributed by atoms with E-state index < -0.39 is 0 Å². The molecule has 0 amide bonds. The average molecular weight is 199 g/mol. The quantitative estimate of drug-likeness (QED) is 0.492. The highest BCUT2D eigenvalue weighted by Crippen LogP contribution is 1.65. The highest BCUT2D eigenvalue weighted by atomic mass is 35.5. The summed E-state index contributed by atoms with van der Waals surface area (Å²) >= 11 is 4.82. The van der Waals surface area contributed by atoms with Crippen molar-refractivity contribution in [2.24, 2.45) is 0 Å². The zero-order valence-corrected chi connectivity index (χ0v) is 8.88. The standard InChI is InChI=1S/2C3H8O.C2H3ClO/c2*1-3(2)4;3-1-2-4/h2*3-4H,1-2H3;2H,1H2. The van der Waals surface area contributed by atoms with E-state index in [9.17, 15) is 0 Å². The van der Waals surface area contributed by atoms with E-state index in [4.69, 9.17) is 26.6 Å². The van der Waals surface area contributed by atoms with Gasteiger partial charge in [-0.3, -0.25) is 0 Å². The van der Waals surface area contributed by atoms with Crippen LogP contribution in [-0.2, 0) is 4.79 Å². The number of hydrogen-bond donors (Lipinski definition) is 2. The highest BCUT2D eigenvalue weighted by Gasteiger charge is 1.69. The summed E-state index contributed by atoms with van der Waals surface area (Å²) in [4.78, 5) is 9.04. The fourth-order valence-electron chi connectivity index (χ4n) is 0. The fraction of sp³-hybridized carbons (Fsp3) is 0.875. The van der Waals surface area contributed by atoms with Crippen LogP contribution >= 0.6 is 11.6 Å². The molecule has 0 bridgehead atoms. The minimum Gasteiger partial charge on any atom is -0.394 e. The molecular formula is C8H19ClO3. The lowest BCUT2D eigenvalue weighted by Gasteiger charge is -1.80. The van der Waals surface area contributed by atoms with Gasteiger partial charge in [0.05, 0.1) is 5.88 Å². The van der Waals surface area contributed by atoms with Gasteiger partial charge in [-0.2, -0.15) is 0 Å². The smallest absolute Gasteiger partial charge is 0.134 e. The maximum absolute atomic E-state index is 9.04. The SMILES string of the molecule is CC(C)O.CC(C)O.O=CCCl. The van der Waals surface area contributed by atoms with Crippen LogP contribution in [0.15, 0.2) is 0 Å². The monoisotopic (exact) mass is 198 g/mol. The lowest BCUT2D eigenvalue weighted by molar-refractivity contribution is -0.105. The first-order chi connectivity index (χ1) is 5.38. The molecule has 0 saturated heterocycles. The van der Waals surface area contributed by atoms with Gasteiger partial charge >= 0.3 is 0 Å². The van der Waals surface area contributed by atoms with Gasteiger partial charge in [-0.15, -0.1) is 11.6 Å². The minimum absolute atomic E-state index is 0.111. The lowest BCUT2D eigenvalue weighted by atomic mass is 10.5. The molecule has 0 fully saturated rings. The maximum Gasteiger partial charge on any atom is 0.134 e. The number of rotatable bonds is 1. The Hall–Kier alpha value is -0.120. The van der Waals surface area contributed by atoms with Crippen LogP contribution in [0.1, 0.15) is 27.7 Å². The van der Waals surface area contributed by atoms with Crippen molar-refractivity contribution < 1.29 is 15.0 Å². The van der Waals surface area contributed by atoms with Crippen LogP contribution in [0, 0.1) is 0 Å². The molecule has 4 heteroatoms. The number of carbonyl (C=O) groups excluding carboxylic acids is 1. The van der Waals surface area contributed by atoms with Gasteiger partial charge in [-0.05, 0) is 27.7 Å². The Kier molecular flexibility index (Phi) is 25.4. The van der Waals surface area contributed by atoms with Crippen LogP contribution in [-0.4, -0.2) is 34.6 Å². The molecule has 0 heterocycles. The minimum atomic E-state index is -0.167. The molecule has 0 aromatic rings. The van der Waals surface area contributed by atoms with E-state index in [2.05, 4.69) is 0 Å². The van der Waals surface area contributed by atoms with Crippen molar-refractivity contribution in [2.45, 2.75) is 39.9 Å². The topological polar surface area (TPSA) is 57.5 Å². The second-order valence-corrected chi connectivity index (χ2v) is 2.82. The molecule has 0 atom stereocenters. The van der Waals surface area contributed by atoms with E-state index in [1.54, 1.807) is 27.7 Å². The summed E-state index contributed by atoms with van der Waals surface area (Å²) < 4.78 is 0. The normalized spacial score (nSPS) is 8.08. The molecular weight excluding hydrogens is 180 g/mol. The lowest BCUT2D eigenvalue weighted by Crippen LogP contribution is -1.85. The van der Waals surface area contributed by atoms with E-state index in [0.717, 1.165) is 0 Å². The largest absolute Gasteiger partial charge is 0.394 e. The molecule has 0 aromatic heterocycles. The van der Waals surface area contributed by atoms with Gasteiger partial charge in [-0.25, -0.2) is 0 Å². The van der Waals surface area contributed by atoms with E-state index in [1.807, 2.05) is 0 Å². The molecule has 12 heavy (non-hydrogen) atoms. The van der Waals surface area contributed by atoms with Gasteiger partial charge in [-0.1, -0.05) is 0 Å². The Morgan fingerprint density at radius 1 is 1.17 bits per heavy atom. The fourth-order valence-corrected chi connectivity index (χ4v) is 0. The van der Waals surface area contributed by atoms with Gasteiger partial charge < -0.3 is 15.0 Å². The molecule has 0 saturated carbocycles. The molecule has 76 valence electrons. The van der Waals surface area contributed by atoms with Crippen LogP contribution in [0.25, 0.3) is 0 Å². The maximum atomic E-state index is 9.04. The van der Waals surface area contributed by atoms with Crippen LogP contribution in [0.3, 0.4) is 0 Å². The summed E-state index contributed by atoms with van der Waals surface area (Å²) in [5.74, 6) is 0.111. The van der Waals surface area contributed by atoms with Crippen LogP contribution in [0.2, 0.25) is 0 Å². The van der Waals surface area contributed by atoms with Gasteiger partial charge in [0.25, 0.3) is 0 Å².